The highest BCUT2D eigenvalue weighted by Gasteiger charge is 2.12. The molecule has 0 aliphatic rings. The van der Waals surface area contributed by atoms with Crippen LogP contribution in [0.5, 0.6) is 0 Å². The predicted molar refractivity (Wildman–Crippen MR) is 82.1 cm³/mol. The number of nitrogens with one attached hydrogen (secondary N) is 1. The van der Waals surface area contributed by atoms with Crippen molar-refractivity contribution in [2.75, 3.05) is 7.11 Å². The largest absolute Gasteiger partial charge is 0.494 e. The second kappa shape index (κ2) is 7.15. The van der Waals surface area contributed by atoms with Gasteiger partial charge in [-0.2, -0.15) is 0 Å². The Morgan fingerprint density at radius 2 is 2.05 bits per heavy atom. The first-order valence-corrected chi connectivity index (χ1v) is 6.52. The Bertz CT molecular complexity index is 564. The normalized spacial score (nSPS) is 11.7. The van der Waals surface area contributed by atoms with Gasteiger partial charge < -0.3 is 10.1 Å². The maximum Gasteiger partial charge on any atom is 0.147 e. The van der Waals surface area contributed by atoms with E-state index in [1.165, 1.54) is 7.11 Å². The van der Waals surface area contributed by atoms with E-state index in [1.807, 2.05) is 25.1 Å². The summed E-state index contributed by atoms with van der Waals surface area (Å²) in [7, 11) is 1.47. The zero-order valence-corrected chi connectivity index (χ0v) is 12.8. The number of benzene rings is 1. The highest BCUT2D eigenvalue weighted by atomic mass is 35.5. The molecular formula is C16H19ClFNO. The zero-order chi connectivity index (χ0) is 15.3. The third kappa shape index (κ3) is 4.14. The lowest BCUT2D eigenvalue weighted by Crippen LogP contribution is -2.17. The molecule has 0 saturated carbocycles. The minimum atomic E-state index is -0.604. The second-order valence-corrected chi connectivity index (χ2v) is 4.95. The van der Waals surface area contributed by atoms with Crippen molar-refractivity contribution in [2.24, 2.45) is 0 Å². The third-order valence-corrected chi connectivity index (χ3v) is 3.11. The standard InChI is InChI=1S/C16H19ClFNO/c1-10(2)16(20-5)15(12(4)18)19-9-13-7-6-11(3)8-14(13)17/h6-8,19H,1,4,9H2,2-3,5H3/b16-15-. The van der Waals surface area contributed by atoms with Crippen molar-refractivity contribution in [2.45, 2.75) is 20.4 Å². The quantitative estimate of drug-likeness (QED) is 0.609. The Morgan fingerprint density at radius 3 is 2.50 bits per heavy atom. The Kier molecular flexibility index (Phi) is 5.83. The zero-order valence-electron chi connectivity index (χ0n) is 12.0. The molecule has 0 saturated heterocycles. The van der Waals surface area contributed by atoms with Crippen LogP contribution in [0.1, 0.15) is 18.1 Å². The number of halogens is 2. The molecule has 0 radical (unpaired) electrons. The van der Waals surface area contributed by atoms with E-state index < -0.39 is 5.83 Å². The van der Waals surface area contributed by atoms with Crippen molar-refractivity contribution in [3.63, 3.8) is 0 Å². The number of methoxy groups -OCH3 is 1. The molecule has 0 spiro atoms. The van der Waals surface area contributed by atoms with Gasteiger partial charge in [0.05, 0.1) is 7.11 Å². The van der Waals surface area contributed by atoms with E-state index in [2.05, 4.69) is 18.5 Å². The van der Waals surface area contributed by atoms with Crippen LogP contribution in [0.2, 0.25) is 5.02 Å². The first-order chi connectivity index (χ1) is 9.36. The molecule has 108 valence electrons. The minimum absolute atomic E-state index is 0.191. The van der Waals surface area contributed by atoms with Crippen LogP contribution in [0, 0.1) is 6.92 Å². The van der Waals surface area contributed by atoms with Crippen LogP contribution in [0.4, 0.5) is 4.39 Å². The van der Waals surface area contributed by atoms with Crippen LogP contribution in [-0.4, -0.2) is 7.11 Å². The van der Waals surface area contributed by atoms with Crippen molar-refractivity contribution in [1.29, 1.82) is 0 Å². The van der Waals surface area contributed by atoms with E-state index >= 15 is 0 Å². The van der Waals surface area contributed by atoms with Gasteiger partial charge in [-0.25, -0.2) is 4.39 Å². The van der Waals surface area contributed by atoms with Gasteiger partial charge in [-0.05, 0) is 36.6 Å². The molecule has 4 heteroatoms. The fraction of sp³-hybridized carbons (Fsp3) is 0.250. The highest BCUT2D eigenvalue weighted by Crippen LogP contribution is 2.21. The fourth-order valence-electron chi connectivity index (χ4n) is 1.77. The van der Waals surface area contributed by atoms with E-state index in [0.29, 0.717) is 22.9 Å². The molecule has 0 unspecified atom stereocenters. The molecule has 0 aromatic heterocycles. The van der Waals surface area contributed by atoms with E-state index in [9.17, 15) is 4.39 Å². The molecule has 0 fully saturated rings. The molecule has 1 aromatic rings. The maximum absolute atomic E-state index is 13.6. The van der Waals surface area contributed by atoms with Gasteiger partial charge in [0.15, 0.2) is 0 Å². The average molecular weight is 296 g/mol. The molecule has 0 aliphatic carbocycles. The number of allylic oxidation sites excluding steroid dienone is 2. The summed E-state index contributed by atoms with van der Waals surface area (Å²) in [4.78, 5) is 0. The molecule has 0 atom stereocenters. The molecule has 0 aliphatic heterocycles. The highest BCUT2D eigenvalue weighted by molar-refractivity contribution is 6.31. The topological polar surface area (TPSA) is 21.3 Å². The van der Waals surface area contributed by atoms with Gasteiger partial charge in [-0.15, -0.1) is 0 Å². The maximum atomic E-state index is 13.6. The number of rotatable bonds is 6. The van der Waals surface area contributed by atoms with Gasteiger partial charge in [-0.1, -0.05) is 36.9 Å². The molecule has 0 bridgehead atoms. The third-order valence-electron chi connectivity index (χ3n) is 2.75. The average Bonchev–Trinajstić information content (AvgIpc) is 2.35. The lowest BCUT2D eigenvalue weighted by atomic mass is 10.1. The van der Waals surface area contributed by atoms with Crippen molar-refractivity contribution in [3.05, 3.63) is 70.4 Å². The predicted octanol–water partition coefficient (Wildman–Crippen LogP) is 4.66. The fourth-order valence-corrected chi connectivity index (χ4v) is 2.07. The van der Waals surface area contributed by atoms with Crippen LogP contribution in [-0.2, 0) is 11.3 Å². The van der Waals surface area contributed by atoms with Gasteiger partial charge >= 0.3 is 0 Å². The van der Waals surface area contributed by atoms with E-state index in [0.717, 1.165) is 11.1 Å². The molecule has 20 heavy (non-hydrogen) atoms. The number of ether oxygens (including phenoxy) is 1. The van der Waals surface area contributed by atoms with E-state index in [4.69, 9.17) is 16.3 Å². The summed E-state index contributed by atoms with van der Waals surface area (Å²) in [5.41, 5.74) is 2.75. The van der Waals surface area contributed by atoms with Gasteiger partial charge in [0.25, 0.3) is 0 Å². The van der Waals surface area contributed by atoms with Gasteiger partial charge in [0, 0.05) is 11.6 Å². The summed E-state index contributed by atoms with van der Waals surface area (Å²) >= 11 is 6.15. The summed E-state index contributed by atoms with van der Waals surface area (Å²) in [5.74, 6) is -0.256. The van der Waals surface area contributed by atoms with Gasteiger partial charge in [0.1, 0.15) is 17.3 Å². The Hall–Kier alpha value is -1.74. The molecule has 1 aromatic carbocycles. The van der Waals surface area contributed by atoms with Gasteiger partial charge in [0.2, 0.25) is 0 Å². The molecule has 0 heterocycles. The summed E-state index contributed by atoms with van der Waals surface area (Å²) in [5, 5.41) is 3.60. The first-order valence-electron chi connectivity index (χ1n) is 6.14. The monoisotopic (exact) mass is 295 g/mol. The van der Waals surface area contributed by atoms with E-state index in [-0.39, 0.29) is 5.70 Å². The minimum Gasteiger partial charge on any atom is -0.494 e. The van der Waals surface area contributed by atoms with Crippen molar-refractivity contribution in [1.82, 2.24) is 5.32 Å². The smallest absolute Gasteiger partial charge is 0.147 e. The Labute approximate surface area is 124 Å². The lowest BCUT2D eigenvalue weighted by Gasteiger charge is -2.15. The Balaban J connectivity index is 2.99. The Morgan fingerprint density at radius 1 is 1.40 bits per heavy atom. The van der Waals surface area contributed by atoms with Crippen LogP contribution >= 0.6 is 11.6 Å². The number of aryl methyl sites for hydroxylation is 1. The van der Waals surface area contributed by atoms with Crippen LogP contribution in [0.3, 0.4) is 0 Å². The number of hydrogen-bond donors (Lipinski definition) is 1. The number of hydrogen-bond acceptors (Lipinski definition) is 2. The lowest BCUT2D eigenvalue weighted by molar-refractivity contribution is 0.292. The van der Waals surface area contributed by atoms with Crippen LogP contribution in [0.25, 0.3) is 0 Å². The van der Waals surface area contributed by atoms with Crippen molar-refractivity contribution < 1.29 is 9.13 Å². The molecule has 1 rings (SSSR count). The van der Waals surface area contributed by atoms with Crippen molar-refractivity contribution in [3.8, 4) is 0 Å². The van der Waals surface area contributed by atoms with Crippen LogP contribution < -0.4 is 5.32 Å². The molecular weight excluding hydrogens is 277 g/mol. The molecule has 1 N–H and O–H groups in total. The SMILES string of the molecule is C=C(F)/C(NCc1ccc(C)cc1Cl)=C(/OC)C(=C)C. The summed E-state index contributed by atoms with van der Waals surface area (Å²) in [6.07, 6.45) is 0. The molecule has 0 amide bonds. The summed E-state index contributed by atoms with van der Waals surface area (Å²) < 4.78 is 18.7. The first kappa shape index (κ1) is 16.3. The summed E-state index contributed by atoms with van der Waals surface area (Å²) in [6.45, 7) is 11.1. The van der Waals surface area contributed by atoms with Crippen molar-refractivity contribution >= 4 is 11.6 Å². The summed E-state index contributed by atoms with van der Waals surface area (Å²) in [6, 6.07) is 5.71. The van der Waals surface area contributed by atoms with Gasteiger partial charge in [-0.3, -0.25) is 0 Å². The second-order valence-electron chi connectivity index (χ2n) is 4.54. The van der Waals surface area contributed by atoms with Crippen LogP contribution in [0.15, 0.2) is 54.2 Å². The molecule has 2 nitrogen and oxygen atoms in total. The van der Waals surface area contributed by atoms with E-state index in [1.54, 1.807) is 6.92 Å².